The molecule has 1 aromatic rings. The van der Waals surface area contributed by atoms with Crippen LogP contribution in [0.1, 0.15) is 21.5 Å². The van der Waals surface area contributed by atoms with Crippen LogP contribution in [-0.4, -0.2) is 46.9 Å². The fourth-order valence-electron chi connectivity index (χ4n) is 2.19. The van der Waals surface area contributed by atoms with Crippen LogP contribution in [0.15, 0.2) is 18.2 Å². The van der Waals surface area contributed by atoms with E-state index in [2.05, 4.69) is 0 Å². The van der Waals surface area contributed by atoms with E-state index in [-0.39, 0.29) is 12.1 Å². The largest absolute Gasteiger partial charge is 0.478 e. The van der Waals surface area contributed by atoms with Gasteiger partial charge in [0.25, 0.3) is 6.43 Å². The first-order valence-corrected chi connectivity index (χ1v) is 6.01. The number of amides is 2. The van der Waals surface area contributed by atoms with E-state index in [0.717, 1.165) is 16.0 Å². The van der Waals surface area contributed by atoms with Crippen LogP contribution >= 0.6 is 0 Å². The number of fused-ring (bicyclic) bond motifs is 1. The van der Waals surface area contributed by atoms with Gasteiger partial charge in [0.15, 0.2) is 0 Å². The fraction of sp³-hybridized carbons (Fsp3) is 0.385. The highest BCUT2D eigenvalue weighted by molar-refractivity contribution is 5.88. The first-order chi connectivity index (χ1) is 9.38. The lowest BCUT2D eigenvalue weighted by Crippen LogP contribution is -2.40. The van der Waals surface area contributed by atoms with Crippen LogP contribution in [0.2, 0.25) is 0 Å². The van der Waals surface area contributed by atoms with Crippen LogP contribution in [0.5, 0.6) is 0 Å². The average molecular weight is 284 g/mol. The molecule has 2 rings (SSSR count). The summed E-state index contributed by atoms with van der Waals surface area (Å²) in [5.41, 5.74) is 1.73. The Labute approximate surface area is 114 Å². The molecular formula is C13H14F2N2O3. The number of hydrogen-bond donors (Lipinski definition) is 1. The predicted molar refractivity (Wildman–Crippen MR) is 66.7 cm³/mol. The number of nitrogens with zero attached hydrogens (tertiary/aromatic N) is 2. The normalized spacial score (nSPS) is 13.5. The number of urea groups is 1. The summed E-state index contributed by atoms with van der Waals surface area (Å²) in [6.45, 7) is -0.0729. The van der Waals surface area contributed by atoms with E-state index in [1.165, 1.54) is 24.1 Å². The van der Waals surface area contributed by atoms with E-state index in [0.29, 0.717) is 6.54 Å². The maximum absolute atomic E-state index is 12.3. The third-order valence-corrected chi connectivity index (χ3v) is 3.18. The number of hydrogen-bond acceptors (Lipinski definition) is 2. The molecule has 0 radical (unpaired) electrons. The molecule has 0 unspecified atom stereocenters. The first kappa shape index (κ1) is 14.2. The van der Waals surface area contributed by atoms with Crippen molar-refractivity contribution in [1.29, 1.82) is 0 Å². The van der Waals surface area contributed by atoms with Crippen LogP contribution in [-0.2, 0) is 13.1 Å². The summed E-state index contributed by atoms with van der Waals surface area (Å²) in [5.74, 6) is -1.03. The Bertz CT molecular complexity index is 548. The van der Waals surface area contributed by atoms with E-state index in [1.807, 2.05) is 0 Å². The van der Waals surface area contributed by atoms with Gasteiger partial charge in [-0.2, -0.15) is 0 Å². The monoisotopic (exact) mass is 284 g/mol. The molecule has 0 spiro atoms. The minimum absolute atomic E-state index is 0.152. The van der Waals surface area contributed by atoms with Gasteiger partial charge in [0, 0.05) is 20.1 Å². The lowest BCUT2D eigenvalue weighted by atomic mass is 10.1. The summed E-state index contributed by atoms with van der Waals surface area (Å²) in [5, 5.41) is 8.91. The van der Waals surface area contributed by atoms with Crippen molar-refractivity contribution in [2.24, 2.45) is 0 Å². The van der Waals surface area contributed by atoms with Crippen molar-refractivity contribution in [3.05, 3.63) is 34.9 Å². The Kier molecular flexibility index (Phi) is 3.87. The minimum Gasteiger partial charge on any atom is -0.478 e. The Hall–Kier alpha value is -2.18. The van der Waals surface area contributed by atoms with Gasteiger partial charge < -0.3 is 14.9 Å². The zero-order valence-electron chi connectivity index (χ0n) is 10.8. The molecule has 2 amide bonds. The maximum Gasteiger partial charge on any atom is 0.335 e. The van der Waals surface area contributed by atoms with Crippen molar-refractivity contribution < 1.29 is 23.5 Å². The highest BCUT2D eigenvalue weighted by Crippen LogP contribution is 2.24. The second-order valence-corrected chi connectivity index (χ2v) is 4.70. The van der Waals surface area contributed by atoms with Gasteiger partial charge >= 0.3 is 12.0 Å². The molecule has 5 nitrogen and oxygen atoms in total. The minimum atomic E-state index is -2.58. The summed E-state index contributed by atoms with van der Waals surface area (Å²) in [7, 11) is 1.32. The SMILES string of the molecule is CN(CC(F)F)C(=O)N1Cc2ccc(C(=O)O)cc2C1. The van der Waals surface area contributed by atoms with E-state index >= 15 is 0 Å². The molecular weight excluding hydrogens is 270 g/mol. The van der Waals surface area contributed by atoms with Crippen molar-refractivity contribution >= 4 is 12.0 Å². The molecule has 0 atom stereocenters. The molecule has 20 heavy (non-hydrogen) atoms. The number of carbonyl (C=O) groups is 2. The van der Waals surface area contributed by atoms with Gasteiger partial charge in [-0.1, -0.05) is 6.07 Å². The number of rotatable bonds is 3. The Balaban J connectivity index is 2.09. The van der Waals surface area contributed by atoms with Crippen molar-refractivity contribution in [3.63, 3.8) is 0 Å². The molecule has 1 aliphatic heterocycles. The molecule has 0 bridgehead atoms. The van der Waals surface area contributed by atoms with Gasteiger partial charge in [0.1, 0.15) is 0 Å². The van der Waals surface area contributed by atoms with Gasteiger partial charge in [0.05, 0.1) is 12.1 Å². The lowest BCUT2D eigenvalue weighted by molar-refractivity contribution is 0.0696. The number of carboxylic acid groups (broad SMARTS) is 1. The van der Waals surface area contributed by atoms with Crippen molar-refractivity contribution in [3.8, 4) is 0 Å². The smallest absolute Gasteiger partial charge is 0.335 e. The van der Waals surface area contributed by atoms with Crippen LogP contribution in [0, 0.1) is 0 Å². The summed E-state index contributed by atoms with van der Waals surface area (Å²) in [4.78, 5) is 25.2. The van der Waals surface area contributed by atoms with Crippen molar-refractivity contribution in [1.82, 2.24) is 9.80 Å². The first-order valence-electron chi connectivity index (χ1n) is 6.01. The molecule has 0 fully saturated rings. The van der Waals surface area contributed by atoms with Gasteiger partial charge in [-0.25, -0.2) is 18.4 Å². The van der Waals surface area contributed by atoms with Crippen LogP contribution < -0.4 is 0 Å². The number of benzene rings is 1. The van der Waals surface area contributed by atoms with Gasteiger partial charge in [-0.3, -0.25) is 0 Å². The maximum atomic E-state index is 12.3. The lowest BCUT2D eigenvalue weighted by Gasteiger charge is -2.23. The Morgan fingerprint density at radius 1 is 1.35 bits per heavy atom. The second kappa shape index (κ2) is 5.44. The van der Waals surface area contributed by atoms with E-state index in [4.69, 9.17) is 5.11 Å². The number of carboxylic acids is 1. The van der Waals surface area contributed by atoms with Gasteiger partial charge in [0.2, 0.25) is 0 Å². The number of aromatic carboxylic acids is 1. The number of alkyl halides is 2. The Morgan fingerprint density at radius 2 is 2.00 bits per heavy atom. The molecule has 1 N–H and O–H groups in total. The molecule has 1 aliphatic rings. The third-order valence-electron chi connectivity index (χ3n) is 3.18. The summed E-state index contributed by atoms with van der Waals surface area (Å²) < 4.78 is 24.5. The van der Waals surface area contributed by atoms with E-state index in [1.54, 1.807) is 6.07 Å². The summed E-state index contributed by atoms with van der Waals surface area (Å²) in [6.07, 6.45) is -2.58. The molecule has 108 valence electrons. The highest BCUT2D eigenvalue weighted by atomic mass is 19.3. The van der Waals surface area contributed by atoms with Crippen molar-refractivity contribution in [2.45, 2.75) is 19.5 Å². The van der Waals surface area contributed by atoms with E-state index < -0.39 is 25.0 Å². The summed E-state index contributed by atoms with van der Waals surface area (Å²) in [6, 6.07) is 4.15. The molecule has 1 heterocycles. The Morgan fingerprint density at radius 3 is 2.60 bits per heavy atom. The zero-order valence-corrected chi connectivity index (χ0v) is 10.8. The molecule has 0 aromatic heterocycles. The zero-order chi connectivity index (χ0) is 14.9. The molecule has 7 heteroatoms. The highest BCUT2D eigenvalue weighted by Gasteiger charge is 2.27. The van der Waals surface area contributed by atoms with Crippen LogP contribution in [0.25, 0.3) is 0 Å². The molecule has 0 saturated carbocycles. The quantitative estimate of drug-likeness (QED) is 0.923. The van der Waals surface area contributed by atoms with E-state index in [9.17, 15) is 18.4 Å². The molecule has 0 saturated heterocycles. The standard InChI is InChI=1S/C13H14F2N2O3/c1-16(7-11(14)15)13(20)17-5-9-3-2-8(12(18)19)4-10(9)6-17/h2-4,11H,5-7H2,1H3,(H,18,19). The average Bonchev–Trinajstić information content (AvgIpc) is 2.79. The number of halogens is 2. The molecule has 0 aliphatic carbocycles. The number of carbonyl (C=O) groups excluding carboxylic acids is 1. The van der Waals surface area contributed by atoms with Crippen LogP contribution in [0.4, 0.5) is 13.6 Å². The molecule has 1 aromatic carbocycles. The van der Waals surface area contributed by atoms with Crippen LogP contribution in [0.3, 0.4) is 0 Å². The second-order valence-electron chi connectivity index (χ2n) is 4.70. The third kappa shape index (κ3) is 2.87. The van der Waals surface area contributed by atoms with Crippen molar-refractivity contribution in [2.75, 3.05) is 13.6 Å². The fourth-order valence-corrected chi connectivity index (χ4v) is 2.19. The topological polar surface area (TPSA) is 60.9 Å². The summed E-state index contributed by atoms with van der Waals surface area (Å²) >= 11 is 0. The predicted octanol–water partition coefficient (Wildman–Crippen LogP) is 2.02. The van der Waals surface area contributed by atoms with Gasteiger partial charge in [-0.05, 0) is 23.3 Å². The van der Waals surface area contributed by atoms with Gasteiger partial charge in [-0.15, -0.1) is 0 Å².